The molecule has 5 nitrogen and oxygen atoms in total. The van der Waals surface area contributed by atoms with Crippen LogP contribution in [-0.4, -0.2) is 65.0 Å². The number of hydrogen-bond donors (Lipinski definition) is 2. The van der Waals surface area contributed by atoms with E-state index >= 15 is 0 Å². The molecule has 1 saturated heterocycles. The van der Waals surface area contributed by atoms with E-state index in [2.05, 4.69) is 60.6 Å². The second-order valence-electron chi connectivity index (χ2n) is 10.7. The summed E-state index contributed by atoms with van der Waals surface area (Å²) in [4.78, 5) is 9.89. The van der Waals surface area contributed by atoms with E-state index in [0.717, 1.165) is 87.5 Å². The number of nitrogens with zero attached hydrogens (tertiary/aromatic N) is 3. The molecule has 1 fully saturated rings. The monoisotopic (exact) mass is 453 g/mol. The summed E-state index contributed by atoms with van der Waals surface area (Å²) in [6, 6.07) is 6.23. The number of piperazine rings is 1. The molecule has 0 bridgehead atoms. The molecule has 1 unspecified atom stereocenters. The van der Waals surface area contributed by atoms with Crippen LogP contribution in [-0.2, 0) is 0 Å². The molecule has 1 aliphatic carbocycles. The minimum atomic E-state index is -0.918. The predicted octanol–water partition coefficient (Wildman–Crippen LogP) is 4.82. The topological polar surface area (TPSA) is 59.8 Å². The van der Waals surface area contributed by atoms with Crippen LogP contribution in [0.4, 0.5) is 5.82 Å². The molecule has 2 N–H and O–H groups in total. The fourth-order valence-corrected chi connectivity index (χ4v) is 4.48. The van der Waals surface area contributed by atoms with Crippen LogP contribution in [0.15, 0.2) is 48.6 Å². The lowest BCUT2D eigenvalue weighted by Crippen LogP contribution is -2.47. The average Bonchev–Trinajstić information content (AvgIpc) is 2.80. The van der Waals surface area contributed by atoms with Gasteiger partial charge in [-0.2, -0.15) is 0 Å². The first-order valence-corrected chi connectivity index (χ1v) is 12.6. The molecule has 0 radical (unpaired) electrons. The quantitative estimate of drug-likeness (QED) is 0.580. The Morgan fingerprint density at radius 2 is 1.79 bits per heavy atom. The van der Waals surface area contributed by atoms with Gasteiger partial charge in [-0.3, -0.25) is 4.90 Å². The highest BCUT2D eigenvalue weighted by molar-refractivity contribution is 5.75. The van der Waals surface area contributed by atoms with Crippen LogP contribution in [0.5, 0.6) is 0 Å². The number of allylic oxidation sites excluding steroid dienone is 3. The second kappa shape index (κ2) is 11.5. The van der Waals surface area contributed by atoms with Crippen molar-refractivity contribution in [3.8, 4) is 0 Å². The van der Waals surface area contributed by atoms with Crippen molar-refractivity contribution in [2.45, 2.75) is 64.9 Å². The maximum atomic E-state index is 11.0. The molecule has 182 valence electrons. The Kier molecular flexibility index (Phi) is 8.91. The highest BCUT2D eigenvalue weighted by atomic mass is 16.3. The molecule has 2 heterocycles. The molecule has 2 aliphatic rings. The SMILES string of the molecule is C=C1/C=C(c2cccc(N3CCN(CCCCCO)CC3)n2)\C=C/CC(C)(C)CCC1(C)O. The van der Waals surface area contributed by atoms with Crippen molar-refractivity contribution in [1.82, 2.24) is 9.88 Å². The summed E-state index contributed by atoms with van der Waals surface area (Å²) in [6.07, 6.45) is 12.2. The third-order valence-corrected chi connectivity index (χ3v) is 7.14. The van der Waals surface area contributed by atoms with Gasteiger partial charge in [0.05, 0.1) is 11.3 Å². The van der Waals surface area contributed by atoms with Crippen molar-refractivity contribution in [3.05, 3.63) is 54.3 Å². The van der Waals surface area contributed by atoms with E-state index in [-0.39, 0.29) is 5.41 Å². The minimum Gasteiger partial charge on any atom is -0.396 e. The fraction of sp³-hybridized carbons (Fsp3) is 0.607. The Morgan fingerprint density at radius 1 is 1.03 bits per heavy atom. The first kappa shape index (κ1) is 25.7. The molecule has 0 saturated carbocycles. The molecule has 0 spiro atoms. The number of aliphatic hydroxyl groups is 2. The number of aromatic nitrogens is 1. The van der Waals surface area contributed by atoms with Crippen LogP contribution in [0.3, 0.4) is 0 Å². The van der Waals surface area contributed by atoms with Crippen molar-refractivity contribution in [3.63, 3.8) is 0 Å². The summed E-state index contributed by atoms with van der Waals surface area (Å²) >= 11 is 0. The molecule has 0 aromatic carbocycles. The molecule has 0 amide bonds. The van der Waals surface area contributed by atoms with E-state index in [1.807, 2.05) is 13.0 Å². The van der Waals surface area contributed by atoms with Crippen molar-refractivity contribution < 1.29 is 10.2 Å². The number of aliphatic hydroxyl groups excluding tert-OH is 1. The van der Waals surface area contributed by atoms with Gasteiger partial charge in [0.25, 0.3) is 0 Å². The van der Waals surface area contributed by atoms with Gasteiger partial charge in [-0.25, -0.2) is 4.98 Å². The molecular formula is C28H43N3O2. The van der Waals surface area contributed by atoms with Gasteiger partial charge in [0.1, 0.15) is 5.82 Å². The summed E-state index contributed by atoms with van der Waals surface area (Å²) in [5.74, 6) is 1.01. The Balaban J connectivity index is 1.72. The molecule has 1 aliphatic heterocycles. The van der Waals surface area contributed by atoms with Gasteiger partial charge in [-0.05, 0) is 81.2 Å². The largest absolute Gasteiger partial charge is 0.396 e. The lowest BCUT2D eigenvalue weighted by molar-refractivity contribution is 0.0771. The molecule has 1 atom stereocenters. The third-order valence-electron chi connectivity index (χ3n) is 7.14. The Bertz CT molecular complexity index is 848. The van der Waals surface area contributed by atoms with Crippen molar-refractivity contribution in [2.24, 2.45) is 5.41 Å². The zero-order valence-corrected chi connectivity index (χ0v) is 20.9. The molecule has 1 aromatic rings. The van der Waals surface area contributed by atoms with E-state index in [0.29, 0.717) is 13.0 Å². The summed E-state index contributed by atoms with van der Waals surface area (Å²) in [5, 5.41) is 20.0. The van der Waals surface area contributed by atoms with Gasteiger partial charge in [-0.15, -0.1) is 0 Å². The van der Waals surface area contributed by atoms with Gasteiger partial charge < -0.3 is 15.1 Å². The van der Waals surface area contributed by atoms with Crippen LogP contribution >= 0.6 is 0 Å². The van der Waals surface area contributed by atoms with Gasteiger partial charge in [0.15, 0.2) is 0 Å². The van der Waals surface area contributed by atoms with E-state index in [9.17, 15) is 5.11 Å². The van der Waals surface area contributed by atoms with Crippen LogP contribution in [0, 0.1) is 5.41 Å². The molecule has 3 rings (SSSR count). The molecule has 33 heavy (non-hydrogen) atoms. The maximum absolute atomic E-state index is 11.0. The van der Waals surface area contributed by atoms with Crippen molar-refractivity contribution >= 4 is 11.4 Å². The standard InChI is InChI=1S/C28H43N3O2/c1-23-22-24(10-9-13-27(2,3)14-15-28(23,4)33)25-11-8-12-26(29-25)31-19-17-30(18-20-31)16-6-5-7-21-32/h8-12,22,32-33H,1,5-7,13-21H2,2-4H3/b10-9-,24-22+. The van der Waals surface area contributed by atoms with Gasteiger partial charge >= 0.3 is 0 Å². The zero-order chi connectivity index (χ0) is 23.9. The third kappa shape index (κ3) is 7.53. The predicted molar refractivity (Wildman–Crippen MR) is 138 cm³/mol. The van der Waals surface area contributed by atoms with E-state index < -0.39 is 5.60 Å². The van der Waals surface area contributed by atoms with Gasteiger partial charge in [0, 0.05) is 38.4 Å². The van der Waals surface area contributed by atoms with Crippen molar-refractivity contribution in [1.29, 1.82) is 0 Å². The number of pyridine rings is 1. The minimum absolute atomic E-state index is 0.135. The molecule has 5 heteroatoms. The number of unbranched alkanes of at least 4 members (excludes halogenated alkanes) is 2. The van der Waals surface area contributed by atoms with Crippen LogP contribution < -0.4 is 4.90 Å². The maximum Gasteiger partial charge on any atom is 0.129 e. The summed E-state index contributed by atoms with van der Waals surface area (Å²) in [7, 11) is 0. The first-order chi connectivity index (χ1) is 15.7. The molecule has 1 aromatic heterocycles. The van der Waals surface area contributed by atoms with E-state index in [1.54, 1.807) is 0 Å². The Hall–Kier alpha value is -1.95. The molecular weight excluding hydrogens is 410 g/mol. The van der Waals surface area contributed by atoms with Gasteiger partial charge in [0.2, 0.25) is 0 Å². The normalized spacial score (nSPS) is 27.1. The lowest BCUT2D eigenvalue weighted by atomic mass is 9.78. The fourth-order valence-electron chi connectivity index (χ4n) is 4.48. The Labute approximate surface area is 200 Å². The second-order valence-corrected chi connectivity index (χ2v) is 10.7. The number of hydrogen-bond acceptors (Lipinski definition) is 5. The summed E-state index contributed by atoms with van der Waals surface area (Å²) in [6.45, 7) is 16.0. The van der Waals surface area contributed by atoms with Crippen molar-refractivity contribution in [2.75, 3.05) is 44.2 Å². The summed E-state index contributed by atoms with van der Waals surface area (Å²) in [5.41, 5.74) is 1.88. The smallest absolute Gasteiger partial charge is 0.129 e. The van der Waals surface area contributed by atoms with Crippen LogP contribution in [0.1, 0.15) is 65.0 Å². The van der Waals surface area contributed by atoms with E-state index in [1.165, 1.54) is 0 Å². The van der Waals surface area contributed by atoms with Gasteiger partial charge in [-0.1, -0.05) is 38.6 Å². The average molecular weight is 454 g/mol. The number of anilines is 1. The summed E-state index contributed by atoms with van der Waals surface area (Å²) < 4.78 is 0. The van der Waals surface area contributed by atoms with Crippen LogP contribution in [0.2, 0.25) is 0 Å². The highest BCUT2D eigenvalue weighted by Crippen LogP contribution is 2.35. The Morgan fingerprint density at radius 3 is 2.52 bits per heavy atom. The van der Waals surface area contributed by atoms with Crippen LogP contribution in [0.25, 0.3) is 5.57 Å². The van der Waals surface area contributed by atoms with E-state index in [4.69, 9.17) is 10.1 Å². The highest BCUT2D eigenvalue weighted by Gasteiger charge is 2.28. The lowest BCUT2D eigenvalue weighted by Gasteiger charge is -2.35. The zero-order valence-electron chi connectivity index (χ0n) is 20.9. The first-order valence-electron chi connectivity index (χ1n) is 12.6. The number of rotatable bonds is 7.